The van der Waals surface area contributed by atoms with Gasteiger partial charge < -0.3 is 9.88 Å². The lowest BCUT2D eigenvalue weighted by atomic mass is 10.0. The summed E-state index contributed by atoms with van der Waals surface area (Å²) in [6.45, 7) is 3.07. The highest BCUT2D eigenvalue weighted by molar-refractivity contribution is 6.31. The maximum absolute atomic E-state index is 13.2. The Morgan fingerprint density at radius 1 is 1.35 bits per heavy atom. The van der Waals surface area contributed by atoms with Gasteiger partial charge in [-0.1, -0.05) is 11.6 Å². The van der Waals surface area contributed by atoms with Crippen LogP contribution in [-0.2, 0) is 13.0 Å². The monoisotopic (exact) mass is 365 g/mol. The molecular weight excluding hydrogens is 350 g/mol. The molecule has 1 aromatic carbocycles. The Bertz CT molecular complexity index is 1180. The highest BCUT2D eigenvalue weighted by atomic mass is 35.5. The number of nitrogens with one attached hydrogen (secondary N) is 1. The van der Waals surface area contributed by atoms with Crippen molar-refractivity contribution in [1.82, 2.24) is 24.5 Å². The summed E-state index contributed by atoms with van der Waals surface area (Å²) in [5.41, 5.74) is 5.25. The van der Waals surface area contributed by atoms with Crippen molar-refractivity contribution in [1.29, 1.82) is 0 Å². The van der Waals surface area contributed by atoms with Gasteiger partial charge in [0.25, 0.3) is 5.91 Å². The molecule has 130 valence electrons. The second-order valence-electron chi connectivity index (χ2n) is 6.60. The van der Waals surface area contributed by atoms with Crippen LogP contribution < -0.4 is 0 Å². The van der Waals surface area contributed by atoms with Gasteiger partial charge in [0.2, 0.25) is 0 Å². The molecule has 4 heterocycles. The second kappa shape index (κ2) is 5.57. The third-order valence-corrected chi connectivity index (χ3v) is 5.24. The number of carbonyl (C=O) groups excluding carboxylic acids is 1. The minimum Gasteiger partial charge on any atom is -0.358 e. The van der Waals surface area contributed by atoms with Crippen LogP contribution >= 0.6 is 11.6 Å². The molecule has 0 saturated heterocycles. The first-order valence-corrected chi connectivity index (χ1v) is 8.88. The first kappa shape index (κ1) is 15.4. The molecule has 0 spiro atoms. The van der Waals surface area contributed by atoms with Crippen LogP contribution in [0.5, 0.6) is 0 Å². The van der Waals surface area contributed by atoms with Gasteiger partial charge in [0.15, 0.2) is 5.65 Å². The predicted octanol–water partition coefficient (Wildman–Crippen LogP) is 3.37. The van der Waals surface area contributed by atoms with Gasteiger partial charge in [0.05, 0.1) is 5.69 Å². The number of nitrogens with zero attached hydrogens (tertiary/aromatic N) is 4. The summed E-state index contributed by atoms with van der Waals surface area (Å²) < 4.78 is 1.66. The molecule has 0 aliphatic carbocycles. The normalized spacial score (nSPS) is 14.2. The summed E-state index contributed by atoms with van der Waals surface area (Å²) in [5.74, 6) is -0.0294. The van der Waals surface area contributed by atoms with E-state index < -0.39 is 0 Å². The maximum atomic E-state index is 13.2. The summed E-state index contributed by atoms with van der Waals surface area (Å²) >= 11 is 6.17. The SMILES string of the molecule is Cc1nn2cccnc2c1C(=O)N1CCc2[nH]c3ccc(Cl)cc3c2C1. The summed E-state index contributed by atoms with van der Waals surface area (Å²) in [5, 5.41) is 6.19. The van der Waals surface area contributed by atoms with Gasteiger partial charge in [0.1, 0.15) is 5.56 Å². The van der Waals surface area contributed by atoms with E-state index >= 15 is 0 Å². The molecule has 0 bridgehead atoms. The molecule has 1 aliphatic rings. The number of amides is 1. The third-order valence-electron chi connectivity index (χ3n) is 5.01. The summed E-state index contributed by atoms with van der Waals surface area (Å²) in [6.07, 6.45) is 4.28. The molecule has 5 rings (SSSR count). The predicted molar refractivity (Wildman–Crippen MR) is 99.5 cm³/mol. The minimum absolute atomic E-state index is 0.0294. The number of hydrogen-bond donors (Lipinski definition) is 1. The Balaban J connectivity index is 1.56. The van der Waals surface area contributed by atoms with Crippen LogP contribution in [0.15, 0.2) is 36.7 Å². The zero-order valence-electron chi connectivity index (χ0n) is 14.2. The van der Waals surface area contributed by atoms with E-state index in [-0.39, 0.29) is 5.91 Å². The topological polar surface area (TPSA) is 66.3 Å². The lowest BCUT2D eigenvalue weighted by molar-refractivity contribution is 0.0736. The fourth-order valence-electron chi connectivity index (χ4n) is 3.76. The molecule has 3 aromatic heterocycles. The van der Waals surface area contributed by atoms with Crippen molar-refractivity contribution in [3.8, 4) is 0 Å². The minimum atomic E-state index is -0.0294. The molecule has 0 unspecified atom stereocenters. The van der Waals surface area contributed by atoms with Gasteiger partial charge >= 0.3 is 0 Å². The smallest absolute Gasteiger partial charge is 0.259 e. The molecule has 1 N–H and O–H groups in total. The van der Waals surface area contributed by atoms with E-state index in [0.29, 0.717) is 35.0 Å². The Morgan fingerprint density at radius 2 is 2.23 bits per heavy atom. The van der Waals surface area contributed by atoms with Crippen LogP contribution in [0, 0.1) is 6.92 Å². The molecule has 0 atom stereocenters. The van der Waals surface area contributed by atoms with Gasteiger partial charge in [-0.05, 0) is 31.2 Å². The average Bonchev–Trinajstić information content (AvgIpc) is 3.17. The van der Waals surface area contributed by atoms with Crippen molar-refractivity contribution >= 4 is 34.1 Å². The number of halogens is 1. The van der Waals surface area contributed by atoms with Crippen LogP contribution in [-0.4, -0.2) is 36.9 Å². The quantitative estimate of drug-likeness (QED) is 0.562. The Kier molecular flexibility index (Phi) is 3.30. The summed E-state index contributed by atoms with van der Waals surface area (Å²) in [7, 11) is 0. The lowest BCUT2D eigenvalue weighted by Crippen LogP contribution is -2.36. The van der Waals surface area contributed by atoms with E-state index in [9.17, 15) is 4.79 Å². The molecule has 0 radical (unpaired) electrons. The zero-order valence-corrected chi connectivity index (χ0v) is 14.9. The molecule has 0 saturated carbocycles. The number of aromatic nitrogens is 4. The van der Waals surface area contributed by atoms with Crippen LogP contribution in [0.4, 0.5) is 0 Å². The van der Waals surface area contributed by atoms with Gasteiger partial charge in [-0.2, -0.15) is 5.10 Å². The van der Waals surface area contributed by atoms with Crippen LogP contribution in [0.2, 0.25) is 5.02 Å². The van der Waals surface area contributed by atoms with Crippen LogP contribution in [0.3, 0.4) is 0 Å². The van der Waals surface area contributed by atoms with Crippen molar-refractivity contribution in [2.45, 2.75) is 19.9 Å². The standard InChI is InChI=1S/C19H16ClN5O/c1-11-17(18-21-6-2-7-25(18)23-11)19(26)24-8-5-16-14(10-24)13-9-12(20)3-4-15(13)22-16/h2-4,6-7,9,22H,5,8,10H2,1H3. The van der Waals surface area contributed by atoms with E-state index in [1.54, 1.807) is 16.8 Å². The van der Waals surface area contributed by atoms with Crippen molar-refractivity contribution in [2.24, 2.45) is 0 Å². The van der Waals surface area contributed by atoms with Gasteiger partial charge in [-0.3, -0.25) is 4.79 Å². The highest BCUT2D eigenvalue weighted by Crippen LogP contribution is 2.30. The number of aryl methyl sites for hydroxylation is 1. The molecule has 26 heavy (non-hydrogen) atoms. The van der Waals surface area contributed by atoms with Gasteiger partial charge in [0, 0.05) is 59.1 Å². The van der Waals surface area contributed by atoms with Gasteiger partial charge in [-0.15, -0.1) is 0 Å². The number of rotatable bonds is 1. The number of carbonyl (C=O) groups is 1. The summed E-state index contributed by atoms with van der Waals surface area (Å²) in [6, 6.07) is 7.63. The second-order valence-corrected chi connectivity index (χ2v) is 7.03. The number of hydrogen-bond acceptors (Lipinski definition) is 3. The molecular formula is C19H16ClN5O. The largest absolute Gasteiger partial charge is 0.358 e. The number of aromatic amines is 1. The Labute approximate surface area is 154 Å². The van der Waals surface area contributed by atoms with E-state index in [0.717, 1.165) is 22.9 Å². The molecule has 1 amide bonds. The van der Waals surface area contributed by atoms with Gasteiger partial charge in [-0.25, -0.2) is 9.50 Å². The van der Waals surface area contributed by atoms with E-state index in [4.69, 9.17) is 11.6 Å². The number of H-pyrrole nitrogens is 1. The van der Waals surface area contributed by atoms with Crippen molar-refractivity contribution < 1.29 is 4.79 Å². The van der Waals surface area contributed by atoms with E-state index in [1.165, 1.54) is 5.69 Å². The maximum Gasteiger partial charge on any atom is 0.259 e. The van der Waals surface area contributed by atoms with Crippen molar-refractivity contribution in [2.75, 3.05) is 6.54 Å². The number of benzene rings is 1. The molecule has 0 fully saturated rings. The van der Waals surface area contributed by atoms with E-state index in [2.05, 4.69) is 15.1 Å². The fraction of sp³-hybridized carbons (Fsp3) is 0.211. The van der Waals surface area contributed by atoms with Crippen LogP contribution in [0.25, 0.3) is 16.6 Å². The Morgan fingerprint density at radius 3 is 3.12 bits per heavy atom. The highest BCUT2D eigenvalue weighted by Gasteiger charge is 2.28. The summed E-state index contributed by atoms with van der Waals surface area (Å²) in [4.78, 5) is 22.9. The third kappa shape index (κ3) is 2.22. The zero-order chi connectivity index (χ0) is 17.8. The fourth-order valence-corrected chi connectivity index (χ4v) is 3.94. The molecule has 4 aromatic rings. The van der Waals surface area contributed by atoms with Crippen LogP contribution in [0.1, 0.15) is 27.3 Å². The first-order valence-electron chi connectivity index (χ1n) is 8.50. The van der Waals surface area contributed by atoms with Crippen molar-refractivity contribution in [3.63, 3.8) is 0 Å². The molecule has 6 nitrogen and oxygen atoms in total. The lowest BCUT2D eigenvalue weighted by Gasteiger charge is -2.27. The first-order chi connectivity index (χ1) is 12.6. The van der Waals surface area contributed by atoms with E-state index in [1.807, 2.05) is 36.2 Å². The molecule has 7 heteroatoms. The number of fused-ring (bicyclic) bond motifs is 4. The van der Waals surface area contributed by atoms with Crippen molar-refractivity contribution in [3.05, 3.63) is 64.2 Å². The molecule has 1 aliphatic heterocycles. The Hall–Kier alpha value is -2.86. The average molecular weight is 366 g/mol.